The molecular weight excluding hydrogens is 377 g/mol. The van der Waals surface area contributed by atoms with Crippen LogP contribution >= 0.6 is 0 Å². The van der Waals surface area contributed by atoms with Crippen LogP contribution in [0.3, 0.4) is 0 Å². The Labute approximate surface area is 174 Å². The van der Waals surface area contributed by atoms with Crippen LogP contribution in [0.4, 0.5) is 10.1 Å². The van der Waals surface area contributed by atoms with E-state index in [1.165, 1.54) is 12.1 Å². The predicted octanol–water partition coefficient (Wildman–Crippen LogP) is 7.19. The van der Waals surface area contributed by atoms with Crippen molar-refractivity contribution in [3.8, 4) is 11.1 Å². The SMILES string of the molecule is CC(C)(C)[Si](C)(C)OC(c1ccc(N)cc1)c1ccc(-c2ccc(F)cc2)cc1. The summed E-state index contributed by atoms with van der Waals surface area (Å²) >= 11 is 0. The first-order valence-corrected chi connectivity index (χ1v) is 12.9. The largest absolute Gasteiger partial charge is 0.406 e. The Bertz CT molecular complexity index is 942. The van der Waals surface area contributed by atoms with Crippen LogP contribution in [0, 0.1) is 5.82 Å². The zero-order valence-electron chi connectivity index (χ0n) is 17.9. The highest BCUT2D eigenvalue weighted by atomic mass is 28.4. The van der Waals surface area contributed by atoms with Crippen molar-refractivity contribution in [1.29, 1.82) is 0 Å². The molecule has 152 valence electrons. The van der Waals surface area contributed by atoms with E-state index < -0.39 is 8.32 Å². The van der Waals surface area contributed by atoms with Crippen molar-refractivity contribution in [1.82, 2.24) is 0 Å². The van der Waals surface area contributed by atoms with E-state index in [0.29, 0.717) is 0 Å². The molecule has 0 saturated carbocycles. The normalized spacial score (nSPS) is 13.3. The van der Waals surface area contributed by atoms with E-state index in [4.69, 9.17) is 10.2 Å². The lowest BCUT2D eigenvalue weighted by atomic mass is 9.98. The van der Waals surface area contributed by atoms with E-state index in [2.05, 4.69) is 58.1 Å². The number of benzene rings is 3. The quantitative estimate of drug-likeness (QED) is 0.359. The first kappa shape index (κ1) is 21.3. The summed E-state index contributed by atoms with van der Waals surface area (Å²) < 4.78 is 20.0. The molecule has 0 aliphatic heterocycles. The Kier molecular flexibility index (Phi) is 5.97. The number of nitrogens with two attached hydrogens (primary N) is 1. The molecule has 3 aromatic carbocycles. The van der Waals surface area contributed by atoms with Gasteiger partial charge in [0, 0.05) is 5.69 Å². The number of hydrogen-bond acceptors (Lipinski definition) is 2. The molecule has 4 heteroatoms. The second-order valence-electron chi connectivity index (χ2n) is 9.05. The van der Waals surface area contributed by atoms with Gasteiger partial charge in [0.1, 0.15) is 5.82 Å². The van der Waals surface area contributed by atoms with Crippen molar-refractivity contribution >= 4 is 14.0 Å². The van der Waals surface area contributed by atoms with Crippen LogP contribution in [0.25, 0.3) is 11.1 Å². The Morgan fingerprint density at radius 1 is 0.759 bits per heavy atom. The van der Waals surface area contributed by atoms with Gasteiger partial charge in [-0.1, -0.05) is 69.3 Å². The fraction of sp³-hybridized carbons (Fsp3) is 0.280. The molecule has 0 saturated heterocycles. The predicted molar refractivity (Wildman–Crippen MR) is 123 cm³/mol. The lowest BCUT2D eigenvalue weighted by molar-refractivity contribution is 0.222. The maximum atomic E-state index is 13.2. The minimum atomic E-state index is -2.00. The second-order valence-corrected chi connectivity index (χ2v) is 13.8. The smallest absolute Gasteiger partial charge is 0.193 e. The molecule has 3 rings (SSSR count). The Hall–Kier alpha value is -2.43. The van der Waals surface area contributed by atoms with Gasteiger partial charge in [0.25, 0.3) is 0 Å². The van der Waals surface area contributed by atoms with Crippen LogP contribution in [0.5, 0.6) is 0 Å². The van der Waals surface area contributed by atoms with Gasteiger partial charge >= 0.3 is 0 Å². The number of hydrogen-bond donors (Lipinski definition) is 1. The molecule has 1 atom stereocenters. The number of rotatable bonds is 5. The summed E-state index contributed by atoms with van der Waals surface area (Å²) in [6.45, 7) is 11.3. The van der Waals surface area contributed by atoms with Crippen LogP contribution in [0.1, 0.15) is 38.0 Å². The highest BCUT2D eigenvalue weighted by molar-refractivity contribution is 6.74. The molecule has 0 amide bonds. The fourth-order valence-electron chi connectivity index (χ4n) is 2.96. The van der Waals surface area contributed by atoms with Gasteiger partial charge in [-0.25, -0.2) is 4.39 Å². The van der Waals surface area contributed by atoms with E-state index in [1.54, 1.807) is 12.1 Å². The van der Waals surface area contributed by atoms with Gasteiger partial charge < -0.3 is 10.2 Å². The average molecular weight is 408 g/mol. The first-order valence-electron chi connectivity index (χ1n) is 9.96. The minimum Gasteiger partial charge on any atom is -0.406 e. The van der Waals surface area contributed by atoms with Gasteiger partial charge in [0.05, 0.1) is 6.10 Å². The second kappa shape index (κ2) is 8.13. The van der Waals surface area contributed by atoms with Crippen molar-refractivity contribution in [2.45, 2.75) is 45.0 Å². The summed E-state index contributed by atoms with van der Waals surface area (Å²) in [7, 11) is -2.00. The summed E-state index contributed by atoms with van der Waals surface area (Å²) in [6.07, 6.45) is -0.154. The zero-order valence-corrected chi connectivity index (χ0v) is 18.9. The van der Waals surface area contributed by atoms with Gasteiger partial charge in [-0.05, 0) is 64.7 Å². The molecular formula is C25H30FNOSi. The topological polar surface area (TPSA) is 35.2 Å². The highest BCUT2D eigenvalue weighted by Crippen LogP contribution is 2.41. The molecule has 0 aliphatic carbocycles. The third-order valence-electron chi connectivity index (χ3n) is 5.85. The highest BCUT2D eigenvalue weighted by Gasteiger charge is 2.39. The number of anilines is 1. The van der Waals surface area contributed by atoms with Crippen LogP contribution < -0.4 is 5.73 Å². The molecule has 29 heavy (non-hydrogen) atoms. The van der Waals surface area contributed by atoms with Gasteiger partial charge in [-0.15, -0.1) is 0 Å². The zero-order chi connectivity index (χ0) is 21.2. The molecule has 0 aliphatic rings. The van der Waals surface area contributed by atoms with E-state index in [9.17, 15) is 4.39 Å². The molecule has 0 spiro atoms. The van der Waals surface area contributed by atoms with Crippen molar-refractivity contribution in [3.05, 3.63) is 89.7 Å². The van der Waals surface area contributed by atoms with Crippen LogP contribution in [-0.4, -0.2) is 8.32 Å². The molecule has 0 fully saturated rings. The third-order valence-corrected chi connectivity index (χ3v) is 10.3. The van der Waals surface area contributed by atoms with Crippen LogP contribution in [-0.2, 0) is 4.43 Å². The van der Waals surface area contributed by atoms with E-state index in [1.807, 2.05) is 24.3 Å². The maximum Gasteiger partial charge on any atom is 0.193 e. The molecule has 1 unspecified atom stereocenters. The van der Waals surface area contributed by atoms with Crippen LogP contribution in [0.15, 0.2) is 72.8 Å². The molecule has 0 radical (unpaired) electrons. The van der Waals surface area contributed by atoms with Crippen molar-refractivity contribution < 1.29 is 8.82 Å². The van der Waals surface area contributed by atoms with Crippen molar-refractivity contribution in [2.75, 3.05) is 5.73 Å². The molecule has 0 heterocycles. The molecule has 3 aromatic rings. The summed E-state index contributed by atoms with van der Waals surface area (Å²) in [5.41, 5.74) is 10.9. The van der Waals surface area contributed by atoms with Crippen molar-refractivity contribution in [3.63, 3.8) is 0 Å². The monoisotopic (exact) mass is 407 g/mol. The van der Waals surface area contributed by atoms with Gasteiger partial charge in [-0.3, -0.25) is 0 Å². The number of nitrogen functional groups attached to an aromatic ring is 1. The van der Waals surface area contributed by atoms with Gasteiger partial charge in [0.15, 0.2) is 8.32 Å². The van der Waals surface area contributed by atoms with Gasteiger partial charge in [0.2, 0.25) is 0 Å². The Morgan fingerprint density at radius 2 is 1.17 bits per heavy atom. The Morgan fingerprint density at radius 3 is 1.62 bits per heavy atom. The fourth-order valence-corrected chi connectivity index (χ4v) is 4.18. The van der Waals surface area contributed by atoms with Crippen molar-refractivity contribution in [2.24, 2.45) is 0 Å². The minimum absolute atomic E-state index is 0.104. The molecule has 0 bridgehead atoms. The summed E-state index contributed by atoms with van der Waals surface area (Å²) in [5, 5.41) is 0.104. The summed E-state index contributed by atoms with van der Waals surface area (Å²) in [6, 6.07) is 22.9. The standard InChI is InChI=1S/C25H30FNOSi/c1-25(2,3)29(4,5)28-24(21-12-16-23(27)17-13-21)20-8-6-18(7-9-20)19-10-14-22(26)15-11-19/h6-17,24H,27H2,1-5H3. The lowest BCUT2D eigenvalue weighted by Crippen LogP contribution is -2.42. The van der Waals surface area contributed by atoms with Crippen LogP contribution in [0.2, 0.25) is 18.1 Å². The third kappa shape index (κ3) is 4.95. The average Bonchev–Trinajstić information content (AvgIpc) is 2.67. The summed E-state index contributed by atoms with van der Waals surface area (Å²) in [4.78, 5) is 0. The van der Waals surface area contributed by atoms with E-state index in [0.717, 1.165) is 27.9 Å². The summed E-state index contributed by atoms with van der Waals surface area (Å²) in [5.74, 6) is -0.225. The van der Waals surface area contributed by atoms with E-state index in [-0.39, 0.29) is 17.0 Å². The molecule has 2 nitrogen and oxygen atoms in total. The molecule has 2 N–H and O–H groups in total. The molecule has 0 aromatic heterocycles. The Balaban J connectivity index is 1.97. The lowest BCUT2D eigenvalue weighted by Gasteiger charge is -2.39. The first-order chi connectivity index (χ1) is 13.6. The van der Waals surface area contributed by atoms with E-state index >= 15 is 0 Å². The maximum absolute atomic E-state index is 13.2. The van der Waals surface area contributed by atoms with Gasteiger partial charge in [-0.2, -0.15) is 0 Å². The number of halogens is 1.